The Morgan fingerprint density at radius 3 is 2.41 bits per heavy atom. The molecule has 0 unspecified atom stereocenters. The van der Waals surface area contributed by atoms with Crippen LogP contribution in [0.2, 0.25) is 0 Å². The van der Waals surface area contributed by atoms with E-state index in [0.717, 1.165) is 25.7 Å². The molecular weight excluding hydrogens is 280 g/mol. The smallest absolute Gasteiger partial charge is 0.357 e. The van der Waals surface area contributed by atoms with Gasteiger partial charge in [0.2, 0.25) is 0 Å². The van der Waals surface area contributed by atoms with E-state index < -0.39 is 5.97 Å². The highest BCUT2D eigenvalue weighted by atomic mass is 16.4. The molecule has 0 saturated heterocycles. The average Bonchev–Trinajstić information content (AvgIpc) is 3.00. The number of benzene rings is 1. The number of nitrogens with zero attached hydrogens (tertiary/aromatic N) is 2. The van der Waals surface area contributed by atoms with Crippen LogP contribution in [0.5, 0.6) is 0 Å². The molecule has 3 rings (SSSR count). The Morgan fingerprint density at radius 1 is 1.18 bits per heavy atom. The number of carbonyl (C=O) groups is 2. The lowest BCUT2D eigenvalue weighted by molar-refractivity contribution is 0.0686. The minimum absolute atomic E-state index is 0.151. The van der Waals surface area contributed by atoms with E-state index >= 15 is 0 Å². The molecule has 1 aromatic heterocycles. The summed E-state index contributed by atoms with van der Waals surface area (Å²) >= 11 is 0. The summed E-state index contributed by atoms with van der Waals surface area (Å²) in [5.74, 6) is -0.601. The Morgan fingerprint density at radius 2 is 1.86 bits per heavy atom. The fourth-order valence-electron chi connectivity index (χ4n) is 3.24. The van der Waals surface area contributed by atoms with Crippen LogP contribution in [-0.4, -0.2) is 27.1 Å². The van der Waals surface area contributed by atoms with Crippen LogP contribution in [0, 0.1) is 0 Å². The number of carboxylic acids is 1. The van der Waals surface area contributed by atoms with Crippen molar-refractivity contribution < 1.29 is 14.7 Å². The van der Waals surface area contributed by atoms with Crippen molar-refractivity contribution in [3.05, 3.63) is 53.3 Å². The van der Waals surface area contributed by atoms with Crippen molar-refractivity contribution in [2.24, 2.45) is 0 Å². The minimum Gasteiger partial charge on any atom is -0.476 e. The van der Waals surface area contributed by atoms with Crippen LogP contribution in [0.15, 0.2) is 36.5 Å². The van der Waals surface area contributed by atoms with Crippen molar-refractivity contribution in [3.63, 3.8) is 0 Å². The molecule has 22 heavy (non-hydrogen) atoms. The largest absolute Gasteiger partial charge is 0.476 e. The van der Waals surface area contributed by atoms with E-state index in [0.29, 0.717) is 12.2 Å². The van der Waals surface area contributed by atoms with Crippen molar-refractivity contribution in [1.29, 1.82) is 0 Å². The summed E-state index contributed by atoms with van der Waals surface area (Å²) in [6.45, 7) is 0. The molecule has 1 aliphatic rings. The van der Waals surface area contributed by atoms with Gasteiger partial charge in [-0.05, 0) is 37.2 Å². The van der Waals surface area contributed by atoms with Gasteiger partial charge in [-0.25, -0.2) is 4.79 Å². The first-order valence-electron chi connectivity index (χ1n) is 7.51. The summed E-state index contributed by atoms with van der Waals surface area (Å²) in [6.07, 6.45) is 6.10. The van der Waals surface area contributed by atoms with Crippen molar-refractivity contribution in [3.8, 4) is 0 Å². The second-order valence-corrected chi connectivity index (χ2v) is 5.75. The zero-order chi connectivity index (χ0) is 15.5. The zero-order valence-electron chi connectivity index (χ0n) is 12.2. The fraction of sp³-hybridized carbons (Fsp3) is 0.353. The van der Waals surface area contributed by atoms with Gasteiger partial charge in [0, 0.05) is 6.20 Å². The standard InChI is InChI=1S/C17H18N2O3/c20-11-14-10-19(18-16(14)17(21)22)15-8-6-13(7-9-15)12-4-2-1-3-5-12/h1-5,10-11,13,15H,6-9H2,(H,21,22). The number of carbonyl (C=O) groups excluding carboxylic acids is 1. The minimum atomic E-state index is -1.15. The number of carboxylic acid groups (broad SMARTS) is 1. The van der Waals surface area contributed by atoms with Gasteiger partial charge >= 0.3 is 5.97 Å². The summed E-state index contributed by atoms with van der Waals surface area (Å²) in [4.78, 5) is 22.0. The molecule has 5 nitrogen and oxygen atoms in total. The van der Waals surface area contributed by atoms with Crippen molar-refractivity contribution in [2.75, 3.05) is 0 Å². The van der Waals surface area contributed by atoms with Crippen LogP contribution in [0.1, 0.15) is 64.1 Å². The molecule has 1 N–H and O–H groups in total. The van der Waals surface area contributed by atoms with Gasteiger partial charge in [-0.3, -0.25) is 9.48 Å². The summed E-state index contributed by atoms with van der Waals surface area (Å²) in [7, 11) is 0. The second kappa shape index (κ2) is 6.13. The molecule has 1 aliphatic carbocycles. The molecule has 0 radical (unpaired) electrons. The molecule has 1 fully saturated rings. The summed E-state index contributed by atoms with van der Waals surface area (Å²) in [5, 5.41) is 13.2. The lowest BCUT2D eigenvalue weighted by atomic mass is 9.82. The second-order valence-electron chi connectivity index (χ2n) is 5.75. The predicted molar refractivity (Wildman–Crippen MR) is 81.3 cm³/mol. The summed E-state index contributed by atoms with van der Waals surface area (Å²) < 4.78 is 1.66. The lowest BCUT2D eigenvalue weighted by Crippen LogP contribution is -2.18. The zero-order valence-corrected chi connectivity index (χ0v) is 12.2. The van der Waals surface area contributed by atoms with Gasteiger partial charge in [-0.1, -0.05) is 30.3 Å². The van der Waals surface area contributed by atoms with Crippen molar-refractivity contribution in [2.45, 2.75) is 37.6 Å². The van der Waals surface area contributed by atoms with Crippen LogP contribution in [0.25, 0.3) is 0 Å². The summed E-state index contributed by atoms with van der Waals surface area (Å²) in [5.41, 5.74) is 1.36. The topological polar surface area (TPSA) is 72.2 Å². The molecule has 2 aromatic rings. The molecule has 1 heterocycles. The number of hydrogen-bond acceptors (Lipinski definition) is 3. The maximum Gasteiger partial charge on any atom is 0.357 e. The number of aromatic nitrogens is 2. The van der Waals surface area contributed by atoms with Crippen LogP contribution >= 0.6 is 0 Å². The molecule has 0 aliphatic heterocycles. The molecule has 0 bridgehead atoms. The Bertz CT molecular complexity index is 670. The first kappa shape index (κ1) is 14.5. The maximum absolute atomic E-state index is 11.1. The van der Waals surface area contributed by atoms with Gasteiger partial charge < -0.3 is 5.11 Å². The Kier molecular flexibility index (Phi) is 4.04. The number of hydrogen-bond donors (Lipinski definition) is 1. The molecule has 114 valence electrons. The lowest BCUT2D eigenvalue weighted by Gasteiger charge is -2.29. The van der Waals surface area contributed by atoms with Crippen molar-refractivity contribution >= 4 is 12.3 Å². The molecule has 1 aromatic carbocycles. The fourth-order valence-corrected chi connectivity index (χ4v) is 3.24. The monoisotopic (exact) mass is 298 g/mol. The van der Waals surface area contributed by atoms with E-state index in [2.05, 4.69) is 29.4 Å². The quantitative estimate of drug-likeness (QED) is 0.879. The third kappa shape index (κ3) is 2.79. The Labute approximate surface area is 128 Å². The number of aromatic carboxylic acids is 1. The van der Waals surface area contributed by atoms with Gasteiger partial charge in [0.1, 0.15) is 0 Å². The van der Waals surface area contributed by atoms with Crippen molar-refractivity contribution in [1.82, 2.24) is 9.78 Å². The highest BCUT2D eigenvalue weighted by molar-refractivity contribution is 5.95. The number of rotatable bonds is 4. The molecule has 0 amide bonds. The van der Waals surface area contributed by atoms with E-state index in [1.165, 1.54) is 5.56 Å². The average molecular weight is 298 g/mol. The normalized spacial score (nSPS) is 21.5. The highest BCUT2D eigenvalue weighted by Crippen LogP contribution is 2.37. The maximum atomic E-state index is 11.1. The first-order chi connectivity index (χ1) is 10.7. The van der Waals surface area contributed by atoms with Crippen LogP contribution in [-0.2, 0) is 0 Å². The first-order valence-corrected chi connectivity index (χ1v) is 7.51. The van der Waals surface area contributed by atoms with E-state index in [9.17, 15) is 9.59 Å². The van der Waals surface area contributed by atoms with Gasteiger partial charge in [-0.2, -0.15) is 5.10 Å². The predicted octanol–water partition coefficient (Wildman–Crippen LogP) is 3.29. The molecule has 5 heteroatoms. The van der Waals surface area contributed by atoms with Gasteiger partial charge in [-0.15, -0.1) is 0 Å². The third-order valence-electron chi connectivity index (χ3n) is 4.43. The highest BCUT2D eigenvalue weighted by Gasteiger charge is 2.25. The molecular formula is C17H18N2O3. The van der Waals surface area contributed by atoms with Crippen LogP contribution in [0.3, 0.4) is 0 Å². The van der Waals surface area contributed by atoms with E-state index in [1.54, 1.807) is 10.9 Å². The van der Waals surface area contributed by atoms with Gasteiger partial charge in [0.15, 0.2) is 12.0 Å². The van der Waals surface area contributed by atoms with Crippen LogP contribution < -0.4 is 0 Å². The van der Waals surface area contributed by atoms with Crippen LogP contribution in [0.4, 0.5) is 0 Å². The van der Waals surface area contributed by atoms with Gasteiger partial charge in [0.25, 0.3) is 0 Å². The van der Waals surface area contributed by atoms with Gasteiger partial charge in [0.05, 0.1) is 11.6 Å². The molecule has 0 atom stereocenters. The molecule has 0 spiro atoms. The van der Waals surface area contributed by atoms with E-state index in [-0.39, 0.29) is 17.3 Å². The SMILES string of the molecule is O=Cc1cn(C2CCC(c3ccccc3)CC2)nc1C(=O)O. The summed E-state index contributed by atoms with van der Waals surface area (Å²) in [6, 6.07) is 10.6. The van der Waals surface area contributed by atoms with E-state index in [4.69, 9.17) is 5.11 Å². The Hall–Kier alpha value is -2.43. The number of aldehydes is 1. The third-order valence-corrected chi connectivity index (χ3v) is 4.43. The molecule has 1 saturated carbocycles. The Balaban J connectivity index is 1.71. The van der Waals surface area contributed by atoms with E-state index in [1.807, 2.05) is 6.07 Å².